The van der Waals surface area contributed by atoms with Crippen molar-refractivity contribution in [2.24, 2.45) is 17.8 Å². The van der Waals surface area contributed by atoms with Crippen molar-refractivity contribution in [1.29, 1.82) is 0 Å². The first kappa shape index (κ1) is 23.3. The molecule has 4 aliphatic rings. The van der Waals surface area contributed by atoms with E-state index in [1.807, 2.05) is 0 Å². The fourth-order valence-corrected chi connectivity index (χ4v) is 7.49. The average Bonchev–Trinajstić information content (AvgIpc) is 3.35. The van der Waals surface area contributed by atoms with Crippen molar-refractivity contribution in [3.8, 4) is 5.82 Å². The van der Waals surface area contributed by atoms with Crippen LogP contribution in [0.15, 0.2) is 30.7 Å². The molecule has 1 amide bonds. The lowest BCUT2D eigenvalue weighted by Crippen LogP contribution is -2.61. The van der Waals surface area contributed by atoms with Crippen LogP contribution in [0.25, 0.3) is 12.0 Å². The van der Waals surface area contributed by atoms with E-state index in [1.54, 1.807) is 49.3 Å². The molecule has 4 bridgehead atoms. The summed E-state index contributed by atoms with van der Waals surface area (Å²) < 4.78 is 29.0. The maximum Gasteiger partial charge on any atom is 0.257 e. The molecule has 4 aliphatic carbocycles. The van der Waals surface area contributed by atoms with Gasteiger partial charge in [0.1, 0.15) is 5.56 Å². The number of carbonyl (C=O) groups excluding carboxylic acids is 1. The molecule has 0 radical (unpaired) electrons. The predicted octanol–water partition coefficient (Wildman–Crippen LogP) is 1.54. The van der Waals surface area contributed by atoms with Gasteiger partial charge in [0.05, 0.1) is 18.1 Å². The Hall–Kier alpha value is -2.50. The summed E-state index contributed by atoms with van der Waals surface area (Å²) >= 11 is 0. The van der Waals surface area contributed by atoms with Crippen LogP contribution in [-0.2, 0) is 10.0 Å². The lowest BCUT2D eigenvalue weighted by Gasteiger charge is -2.58. The third-order valence-electron chi connectivity index (χ3n) is 7.35. The molecule has 0 aliphatic heterocycles. The topological polar surface area (TPSA) is 131 Å². The molecule has 0 spiro atoms. The van der Waals surface area contributed by atoms with E-state index in [0.717, 1.165) is 38.4 Å². The van der Waals surface area contributed by atoms with Crippen molar-refractivity contribution < 1.29 is 18.3 Å². The van der Waals surface area contributed by atoms with E-state index >= 15 is 0 Å². The van der Waals surface area contributed by atoms with Crippen LogP contribution in [0.5, 0.6) is 0 Å². The zero-order valence-electron chi connectivity index (χ0n) is 19.7. The molecule has 2 atom stereocenters. The second kappa shape index (κ2) is 8.03. The highest BCUT2D eigenvalue weighted by Gasteiger charge is 2.55. The van der Waals surface area contributed by atoms with Gasteiger partial charge >= 0.3 is 0 Å². The number of sulfonamides is 1. The molecule has 0 aromatic carbocycles. The molecule has 4 fully saturated rings. The summed E-state index contributed by atoms with van der Waals surface area (Å²) in [7, 11) is -3.41. The van der Waals surface area contributed by atoms with Crippen LogP contribution < -0.4 is 10.0 Å². The van der Waals surface area contributed by atoms with Crippen LogP contribution in [0.1, 0.15) is 56.3 Å². The minimum Gasteiger partial charge on any atom is -0.390 e. The Morgan fingerprint density at radius 3 is 2.53 bits per heavy atom. The van der Waals surface area contributed by atoms with Crippen molar-refractivity contribution in [2.75, 3.05) is 6.26 Å². The second-order valence-corrected chi connectivity index (χ2v) is 12.6. The number of aromatic nitrogens is 4. The fourth-order valence-electron chi connectivity index (χ4n) is 6.46. The van der Waals surface area contributed by atoms with Crippen molar-refractivity contribution >= 4 is 22.1 Å². The fraction of sp³-hybridized carbons (Fsp3) is 0.609. The van der Waals surface area contributed by atoms with Crippen molar-refractivity contribution in [2.45, 2.75) is 63.1 Å². The van der Waals surface area contributed by atoms with E-state index < -0.39 is 21.2 Å². The first-order valence-electron chi connectivity index (χ1n) is 11.7. The maximum atomic E-state index is 13.5. The SMILES string of the molecule is CC(C)(/C=C/n1ncc(C(=O)NC2C3CC4CC2CC(O)(C4)C3)c1-n1cccn1)NS(C)(=O)=O. The number of hydrogen-bond acceptors (Lipinski definition) is 6. The number of rotatable bonds is 7. The maximum absolute atomic E-state index is 13.5. The molecule has 34 heavy (non-hydrogen) atoms. The van der Waals surface area contributed by atoms with Gasteiger partial charge in [0.25, 0.3) is 5.91 Å². The molecular weight excluding hydrogens is 456 g/mol. The zero-order valence-corrected chi connectivity index (χ0v) is 20.5. The molecular formula is C23H32N6O4S. The Kier molecular flexibility index (Phi) is 5.49. The molecule has 2 aromatic rings. The summed E-state index contributed by atoms with van der Waals surface area (Å²) in [6, 6.07) is 1.81. The van der Waals surface area contributed by atoms with E-state index in [0.29, 0.717) is 29.1 Å². The van der Waals surface area contributed by atoms with Gasteiger partial charge in [-0.15, -0.1) is 0 Å². The minimum atomic E-state index is -3.41. The van der Waals surface area contributed by atoms with Gasteiger partial charge in [-0.05, 0) is 75.8 Å². The molecule has 11 heteroatoms. The van der Waals surface area contributed by atoms with Crippen LogP contribution in [-0.4, -0.2) is 62.4 Å². The number of amides is 1. The summed E-state index contributed by atoms with van der Waals surface area (Å²) in [6.07, 6.45) is 13.8. The van der Waals surface area contributed by atoms with Gasteiger partial charge in [0.2, 0.25) is 10.0 Å². The summed E-state index contributed by atoms with van der Waals surface area (Å²) in [6.45, 7) is 3.46. The highest BCUT2D eigenvalue weighted by Crippen LogP contribution is 2.55. The molecule has 2 heterocycles. The largest absolute Gasteiger partial charge is 0.390 e. The monoisotopic (exact) mass is 488 g/mol. The molecule has 2 unspecified atom stereocenters. The first-order chi connectivity index (χ1) is 15.9. The van der Waals surface area contributed by atoms with Gasteiger partial charge in [-0.25, -0.2) is 22.5 Å². The number of hydrogen-bond donors (Lipinski definition) is 3. The molecule has 4 saturated carbocycles. The lowest BCUT2D eigenvalue weighted by atomic mass is 9.52. The van der Waals surface area contributed by atoms with E-state index in [4.69, 9.17) is 0 Å². The molecule has 6 rings (SSSR count). The number of aliphatic hydroxyl groups is 1. The number of nitrogens with one attached hydrogen (secondary N) is 2. The van der Waals surface area contributed by atoms with Crippen LogP contribution in [0.2, 0.25) is 0 Å². The number of carbonyl (C=O) groups is 1. The Morgan fingerprint density at radius 2 is 1.94 bits per heavy atom. The lowest BCUT2D eigenvalue weighted by molar-refractivity contribution is -0.136. The summed E-state index contributed by atoms with van der Waals surface area (Å²) in [5, 5.41) is 22.8. The van der Waals surface area contributed by atoms with Crippen LogP contribution >= 0.6 is 0 Å². The molecule has 0 saturated heterocycles. The quantitative estimate of drug-likeness (QED) is 0.542. The van der Waals surface area contributed by atoms with Crippen LogP contribution in [0.3, 0.4) is 0 Å². The predicted molar refractivity (Wildman–Crippen MR) is 126 cm³/mol. The third-order valence-corrected chi connectivity index (χ3v) is 8.25. The van der Waals surface area contributed by atoms with E-state index in [1.165, 1.54) is 10.9 Å². The summed E-state index contributed by atoms with van der Waals surface area (Å²) in [4.78, 5) is 13.5. The van der Waals surface area contributed by atoms with Crippen LogP contribution in [0, 0.1) is 17.8 Å². The number of nitrogens with zero attached hydrogens (tertiary/aromatic N) is 4. The smallest absolute Gasteiger partial charge is 0.257 e. The van der Waals surface area contributed by atoms with E-state index in [9.17, 15) is 18.3 Å². The average molecular weight is 489 g/mol. The first-order valence-corrected chi connectivity index (χ1v) is 13.6. The van der Waals surface area contributed by atoms with Gasteiger partial charge < -0.3 is 10.4 Å². The summed E-state index contributed by atoms with van der Waals surface area (Å²) in [5.74, 6) is 1.41. The Bertz CT molecular complexity index is 1200. The van der Waals surface area contributed by atoms with Gasteiger partial charge in [0.15, 0.2) is 5.82 Å². The normalized spacial score (nSPS) is 30.8. The molecule has 3 N–H and O–H groups in total. The van der Waals surface area contributed by atoms with Gasteiger partial charge in [-0.1, -0.05) is 0 Å². The Morgan fingerprint density at radius 1 is 1.24 bits per heavy atom. The van der Waals surface area contributed by atoms with E-state index in [2.05, 4.69) is 20.2 Å². The second-order valence-electron chi connectivity index (χ2n) is 10.9. The highest BCUT2D eigenvalue weighted by atomic mass is 32.2. The van der Waals surface area contributed by atoms with E-state index in [-0.39, 0.29) is 11.9 Å². The standard InChI is InChI=1S/C23H32N6O4S/c1-22(2,27-34(3,32)33)5-8-29-21(28-7-4-6-24-28)18(14-25-29)20(30)26-19-16-9-15-10-17(19)13-23(31,11-15)12-16/h4-8,14-17,19,27,31H,9-13H2,1-3H3,(H,26,30)/b8-5+. The van der Waals surface area contributed by atoms with Gasteiger partial charge in [-0.3, -0.25) is 4.79 Å². The van der Waals surface area contributed by atoms with Crippen molar-refractivity contribution in [3.63, 3.8) is 0 Å². The zero-order chi connectivity index (χ0) is 24.3. The van der Waals surface area contributed by atoms with Gasteiger partial charge in [0, 0.05) is 30.2 Å². The third kappa shape index (κ3) is 4.56. The minimum absolute atomic E-state index is 0.0478. The highest BCUT2D eigenvalue weighted by molar-refractivity contribution is 7.88. The molecule has 2 aromatic heterocycles. The molecule has 10 nitrogen and oxygen atoms in total. The van der Waals surface area contributed by atoms with Gasteiger partial charge in [-0.2, -0.15) is 10.2 Å². The Balaban J connectivity index is 1.41. The Labute approximate surface area is 199 Å². The van der Waals surface area contributed by atoms with Crippen molar-refractivity contribution in [1.82, 2.24) is 29.6 Å². The summed E-state index contributed by atoms with van der Waals surface area (Å²) in [5.41, 5.74) is -1.03. The van der Waals surface area contributed by atoms with Crippen LogP contribution in [0.4, 0.5) is 0 Å². The van der Waals surface area contributed by atoms with Crippen molar-refractivity contribution in [3.05, 3.63) is 36.3 Å². The molecule has 184 valence electrons.